The summed E-state index contributed by atoms with van der Waals surface area (Å²) < 4.78 is 10.8. The quantitative estimate of drug-likeness (QED) is 0.352. The highest BCUT2D eigenvalue weighted by Crippen LogP contribution is 2.20. The van der Waals surface area contributed by atoms with Gasteiger partial charge in [-0.1, -0.05) is 67.9 Å². The zero-order chi connectivity index (χ0) is 20.5. The Balaban J connectivity index is 1.40. The van der Waals surface area contributed by atoms with E-state index in [0.717, 1.165) is 34.7 Å². The highest BCUT2D eigenvalue weighted by atomic mass is 16.5. The average molecular weight is 390 g/mol. The molecule has 4 heteroatoms. The van der Waals surface area contributed by atoms with E-state index in [1.165, 1.54) is 0 Å². The predicted molar refractivity (Wildman–Crippen MR) is 114 cm³/mol. The smallest absolute Gasteiger partial charge is 0.311 e. The molecule has 0 spiro atoms. The highest BCUT2D eigenvalue weighted by Gasteiger charge is 2.11. The number of rotatable bonds is 9. The van der Waals surface area contributed by atoms with Crippen LogP contribution in [0.2, 0.25) is 0 Å². The van der Waals surface area contributed by atoms with Gasteiger partial charge in [-0.05, 0) is 46.9 Å². The minimum Gasteiger partial charge on any atom is -0.461 e. The Morgan fingerprint density at radius 3 is 2.38 bits per heavy atom. The Labute approximate surface area is 171 Å². The average Bonchev–Trinajstić information content (AvgIpc) is 2.73. The fourth-order valence-electron chi connectivity index (χ4n) is 3.19. The van der Waals surface area contributed by atoms with Gasteiger partial charge in [0.05, 0.1) is 0 Å². The van der Waals surface area contributed by atoms with Crippen molar-refractivity contribution in [3.05, 3.63) is 77.9 Å². The van der Waals surface area contributed by atoms with Crippen LogP contribution >= 0.6 is 0 Å². The topological polar surface area (TPSA) is 52.6 Å². The van der Waals surface area contributed by atoms with Gasteiger partial charge in [0.25, 0.3) is 0 Å². The van der Waals surface area contributed by atoms with Crippen LogP contribution in [0.25, 0.3) is 10.8 Å². The summed E-state index contributed by atoms with van der Waals surface area (Å²) in [6.45, 7) is 2.32. The Bertz CT molecular complexity index is 977. The first-order valence-electron chi connectivity index (χ1n) is 10.1. The van der Waals surface area contributed by atoms with Crippen LogP contribution in [0.15, 0.2) is 66.7 Å². The summed E-state index contributed by atoms with van der Waals surface area (Å²) in [5, 5.41) is 2.27. The lowest BCUT2D eigenvalue weighted by Crippen LogP contribution is -2.11. The van der Waals surface area contributed by atoms with E-state index in [0.29, 0.717) is 12.2 Å². The van der Waals surface area contributed by atoms with Crippen LogP contribution in [0, 0.1) is 0 Å². The molecule has 3 aromatic rings. The van der Waals surface area contributed by atoms with Crippen molar-refractivity contribution in [3.63, 3.8) is 0 Å². The molecule has 150 valence electrons. The van der Waals surface area contributed by atoms with E-state index in [1.807, 2.05) is 60.7 Å². The third kappa shape index (κ3) is 6.18. The van der Waals surface area contributed by atoms with Gasteiger partial charge in [0.15, 0.2) is 0 Å². The van der Waals surface area contributed by atoms with E-state index < -0.39 is 0 Å². The normalized spacial score (nSPS) is 10.7. The van der Waals surface area contributed by atoms with Gasteiger partial charge in [-0.25, -0.2) is 0 Å². The van der Waals surface area contributed by atoms with Gasteiger partial charge in [-0.2, -0.15) is 0 Å². The zero-order valence-corrected chi connectivity index (χ0v) is 16.7. The van der Waals surface area contributed by atoms with Crippen LogP contribution in [0.3, 0.4) is 0 Å². The summed E-state index contributed by atoms with van der Waals surface area (Å²) in [6.07, 6.45) is 2.64. The second kappa shape index (κ2) is 10.4. The van der Waals surface area contributed by atoms with Crippen molar-refractivity contribution in [2.75, 3.05) is 0 Å². The molecule has 0 aromatic heterocycles. The first kappa shape index (κ1) is 20.6. The Hall–Kier alpha value is -3.14. The number of hydrogen-bond acceptors (Lipinski definition) is 4. The third-order valence-electron chi connectivity index (χ3n) is 4.69. The van der Waals surface area contributed by atoms with Crippen LogP contribution in [0.1, 0.15) is 43.7 Å². The van der Waals surface area contributed by atoms with Gasteiger partial charge in [-0.3, -0.25) is 9.59 Å². The number of para-hydroxylation sites is 1. The molecule has 0 unspecified atom stereocenters. The first-order chi connectivity index (χ1) is 14.2. The molecule has 29 heavy (non-hydrogen) atoms. The van der Waals surface area contributed by atoms with Gasteiger partial charge in [0.1, 0.15) is 12.4 Å². The fourth-order valence-corrected chi connectivity index (χ4v) is 3.19. The summed E-state index contributed by atoms with van der Waals surface area (Å²) in [5.41, 5.74) is 1.97. The van der Waals surface area contributed by atoms with Crippen molar-refractivity contribution in [2.45, 2.75) is 45.6 Å². The van der Waals surface area contributed by atoms with Crippen molar-refractivity contribution in [2.24, 2.45) is 0 Å². The van der Waals surface area contributed by atoms with Crippen LogP contribution < -0.4 is 4.74 Å². The molecule has 0 bridgehead atoms. The summed E-state index contributed by atoms with van der Waals surface area (Å²) in [6, 6.07) is 21.6. The zero-order valence-electron chi connectivity index (χ0n) is 16.7. The number of esters is 2. The van der Waals surface area contributed by atoms with Gasteiger partial charge in [-0.15, -0.1) is 0 Å². The maximum atomic E-state index is 12.1. The van der Waals surface area contributed by atoms with Crippen molar-refractivity contribution in [1.29, 1.82) is 0 Å². The SMILES string of the molecule is CCCc1ccccc1OC(=O)CCCC(=O)OCc1ccc2ccccc2c1. The molecule has 3 aromatic carbocycles. The lowest BCUT2D eigenvalue weighted by atomic mass is 10.1. The Morgan fingerprint density at radius 1 is 0.828 bits per heavy atom. The number of aryl methyl sites for hydroxylation is 1. The summed E-state index contributed by atoms with van der Waals surface area (Å²) in [5.74, 6) is -0.0218. The van der Waals surface area contributed by atoms with Crippen LogP contribution in [-0.2, 0) is 27.4 Å². The second-order valence-electron chi connectivity index (χ2n) is 7.03. The maximum Gasteiger partial charge on any atom is 0.311 e. The van der Waals surface area contributed by atoms with E-state index in [1.54, 1.807) is 6.07 Å². The predicted octanol–water partition coefficient (Wildman–Crippen LogP) is 5.61. The summed E-state index contributed by atoms with van der Waals surface area (Å²) in [4.78, 5) is 24.1. The van der Waals surface area contributed by atoms with Gasteiger partial charge < -0.3 is 9.47 Å². The Kier molecular flexibility index (Phi) is 7.40. The first-order valence-corrected chi connectivity index (χ1v) is 10.1. The standard InChI is InChI=1S/C25H26O4/c1-2-8-21-10-5-6-12-23(21)29-25(27)14-7-13-24(26)28-18-19-15-16-20-9-3-4-11-22(20)17-19/h3-6,9-12,15-17H,2,7-8,13-14,18H2,1H3. The van der Waals surface area contributed by atoms with Gasteiger partial charge in [0, 0.05) is 12.8 Å². The molecule has 0 radical (unpaired) electrons. The van der Waals surface area contributed by atoms with Crippen molar-refractivity contribution < 1.29 is 19.1 Å². The molecule has 0 fully saturated rings. The minimum atomic E-state index is -0.323. The van der Waals surface area contributed by atoms with E-state index in [9.17, 15) is 9.59 Å². The summed E-state index contributed by atoms with van der Waals surface area (Å²) >= 11 is 0. The number of fused-ring (bicyclic) bond motifs is 1. The van der Waals surface area contributed by atoms with Crippen molar-refractivity contribution >= 4 is 22.7 Å². The molecular formula is C25H26O4. The Morgan fingerprint density at radius 2 is 1.55 bits per heavy atom. The number of carbonyl (C=O) groups excluding carboxylic acids is 2. The van der Waals surface area contributed by atoms with Crippen molar-refractivity contribution in [1.82, 2.24) is 0 Å². The van der Waals surface area contributed by atoms with Crippen LogP contribution in [0.4, 0.5) is 0 Å². The second-order valence-corrected chi connectivity index (χ2v) is 7.03. The van der Waals surface area contributed by atoms with Crippen molar-refractivity contribution in [3.8, 4) is 5.75 Å². The minimum absolute atomic E-state index is 0.186. The van der Waals surface area contributed by atoms with Crippen LogP contribution in [-0.4, -0.2) is 11.9 Å². The maximum absolute atomic E-state index is 12.1. The lowest BCUT2D eigenvalue weighted by Gasteiger charge is -2.09. The molecule has 0 atom stereocenters. The largest absolute Gasteiger partial charge is 0.461 e. The van der Waals surface area contributed by atoms with Gasteiger partial charge >= 0.3 is 11.9 Å². The molecule has 3 rings (SSSR count). The number of ether oxygens (including phenoxy) is 2. The molecule has 0 N–H and O–H groups in total. The highest BCUT2D eigenvalue weighted by molar-refractivity contribution is 5.83. The molecule has 0 saturated carbocycles. The number of hydrogen-bond donors (Lipinski definition) is 0. The van der Waals surface area contributed by atoms with E-state index in [2.05, 4.69) is 6.92 Å². The summed E-state index contributed by atoms with van der Waals surface area (Å²) in [7, 11) is 0. The molecule has 0 saturated heterocycles. The van der Waals surface area contributed by atoms with Gasteiger partial charge in [0.2, 0.25) is 0 Å². The fraction of sp³-hybridized carbons (Fsp3) is 0.280. The molecular weight excluding hydrogens is 364 g/mol. The molecule has 0 amide bonds. The number of carbonyl (C=O) groups is 2. The molecule has 4 nitrogen and oxygen atoms in total. The molecule has 0 aliphatic rings. The van der Waals surface area contributed by atoms with E-state index >= 15 is 0 Å². The molecule has 0 aliphatic carbocycles. The molecule has 0 heterocycles. The van der Waals surface area contributed by atoms with E-state index in [4.69, 9.17) is 9.47 Å². The number of benzene rings is 3. The third-order valence-corrected chi connectivity index (χ3v) is 4.69. The van der Waals surface area contributed by atoms with Crippen LogP contribution in [0.5, 0.6) is 5.75 Å². The monoisotopic (exact) mass is 390 g/mol. The van der Waals surface area contributed by atoms with E-state index in [-0.39, 0.29) is 31.4 Å². The lowest BCUT2D eigenvalue weighted by molar-refractivity contribution is -0.145. The molecule has 0 aliphatic heterocycles.